The van der Waals surface area contributed by atoms with Crippen molar-refractivity contribution in [1.82, 2.24) is 9.78 Å². The van der Waals surface area contributed by atoms with Crippen molar-refractivity contribution in [2.75, 3.05) is 0 Å². The number of hydrogen-bond donors (Lipinski definition) is 1. The Labute approximate surface area is 72.6 Å². The minimum atomic E-state index is -0.124. The van der Waals surface area contributed by atoms with Gasteiger partial charge < -0.3 is 5.73 Å². The van der Waals surface area contributed by atoms with Gasteiger partial charge in [-0.25, -0.2) is 0 Å². The first kappa shape index (κ1) is 7.80. The van der Waals surface area contributed by atoms with Gasteiger partial charge in [-0.05, 0) is 18.9 Å². The quantitative estimate of drug-likeness (QED) is 0.678. The molecule has 0 atom stereocenters. The molecule has 3 nitrogen and oxygen atoms in total. The van der Waals surface area contributed by atoms with E-state index >= 15 is 0 Å². The van der Waals surface area contributed by atoms with Crippen LogP contribution < -0.4 is 5.73 Å². The van der Waals surface area contributed by atoms with E-state index in [9.17, 15) is 0 Å². The predicted octanol–water partition coefficient (Wildman–Crippen LogP) is 1.15. The molecule has 1 fully saturated rings. The van der Waals surface area contributed by atoms with Crippen molar-refractivity contribution < 1.29 is 0 Å². The molecule has 1 saturated carbocycles. The maximum atomic E-state index is 6.22. The molecule has 1 aromatic heterocycles. The smallest absolute Gasteiger partial charge is 0.0823 e. The van der Waals surface area contributed by atoms with Crippen LogP contribution in [0.3, 0.4) is 0 Å². The largest absolute Gasteiger partial charge is 0.320 e. The first-order chi connectivity index (χ1) is 5.71. The Morgan fingerprint density at radius 1 is 1.50 bits per heavy atom. The molecule has 0 aromatic carbocycles. The third-order valence-corrected chi connectivity index (χ3v) is 2.72. The molecule has 0 aliphatic heterocycles. The highest BCUT2D eigenvalue weighted by Crippen LogP contribution is 2.34. The molecular weight excluding hydrogens is 150 g/mol. The van der Waals surface area contributed by atoms with Gasteiger partial charge in [0, 0.05) is 13.2 Å². The first-order valence-corrected chi connectivity index (χ1v) is 4.50. The van der Waals surface area contributed by atoms with Crippen LogP contribution in [0.1, 0.15) is 31.4 Å². The maximum absolute atomic E-state index is 6.22. The lowest BCUT2D eigenvalue weighted by Gasteiger charge is -2.20. The summed E-state index contributed by atoms with van der Waals surface area (Å²) >= 11 is 0. The highest BCUT2D eigenvalue weighted by atomic mass is 15.3. The summed E-state index contributed by atoms with van der Waals surface area (Å²) in [5.74, 6) is 0. The van der Waals surface area contributed by atoms with Gasteiger partial charge in [0.15, 0.2) is 0 Å². The molecule has 1 aromatic rings. The summed E-state index contributed by atoms with van der Waals surface area (Å²) in [5.41, 5.74) is 7.15. The highest BCUT2D eigenvalue weighted by Gasteiger charge is 2.32. The molecule has 3 heteroatoms. The van der Waals surface area contributed by atoms with Crippen molar-refractivity contribution in [3.05, 3.63) is 18.0 Å². The van der Waals surface area contributed by atoms with Gasteiger partial charge in [-0.15, -0.1) is 0 Å². The monoisotopic (exact) mass is 165 g/mol. The van der Waals surface area contributed by atoms with Crippen molar-refractivity contribution in [1.29, 1.82) is 0 Å². The van der Waals surface area contributed by atoms with E-state index in [2.05, 4.69) is 5.10 Å². The predicted molar refractivity (Wildman–Crippen MR) is 47.5 cm³/mol. The molecular formula is C9H15N3. The summed E-state index contributed by atoms with van der Waals surface area (Å²) in [7, 11) is 1.93. The minimum Gasteiger partial charge on any atom is -0.320 e. The van der Waals surface area contributed by atoms with Crippen LogP contribution in [0.25, 0.3) is 0 Å². The number of aryl methyl sites for hydroxylation is 1. The van der Waals surface area contributed by atoms with Crippen molar-refractivity contribution in [3.63, 3.8) is 0 Å². The molecule has 2 N–H and O–H groups in total. The molecule has 0 radical (unpaired) electrons. The van der Waals surface area contributed by atoms with E-state index in [1.54, 1.807) is 0 Å². The van der Waals surface area contributed by atoms with E-state index in [0.717, 1.165) is 18.5 Å². The molecule has 0 unspecified atom stereocenters. The van der Waals surface area contributed by atoms with Crippen LogP contribution in [0.5, 0.6) is 0 Å². The lowest BCUT2D eigenvalue weighted by molar-refractivity contribution is 0.441. The molecule has 66 valence electrons. The van der Waals surface area contributed by atoms with Crippen LogP contribution in [0, 0.1) is 0 Å². The van der Waals surface area contributed by atoms with Gasteiger partial charge in [0.05, 0.1) is 11.2 Å². The Balaban J connectivity index is 2.28. The summed E-state index contributed by atoms with van der Waals surface area (Å²) in [6, 6.07) is 2.03. The van der Waals surface area contributed by atoms with E-state index in [0.29, 0.717) is 0 Å². The molecule has 0 saturated heterocycles. The van der Waals surface area contributed by atoms with Gasteiger partial charge in [0.2, 0.25) is 0 Å². The van der Waals surface area contributed by atoms with E-state index < -0.39 is 0 Å². The Hall–Kier alpha value is -0.830. The molecule has 0 amide bonds. The molecule has 0 bridgehead atoms. The van der Waals surface area contributed by atoms with Crippen molar-refractivity contribution in [3.8, 4) is 0 Å². The number of nitrogens with two attached hydrogens (primary N) is 1. The second kappa shape index (κ2) is 2.59. The standard InChI is InChI=1S/C9H15N3/c1-12-7-4-8(11-12)9(10)5-2-3-6-9/h4,7H,2-3,5-6,10H2,1H3. The van der Waals surface area contributed by atoms with Crippen LogP contribution in [0.4, 0.5) is 0 Å². The molecule has 1 aliphatic carbocycles. The first-order valence-electron chi connectivity index (χ1n) is 4.50. The SMILES string of the molecule is Cn1ccc(C2(N)CCCC2)n1. The van der Waals surface area contributed by atoms with Crippen LogP contribution in [0.2, 0.25) is 0 Å². The second-order valence-corrected chi connectivity index (χ2v) is 3.74. The fourth-order valence-electron chi connectivity index (χ4n) is 1.94. The Bertz CT molecular complexity index is 271. The topological polar surface area (TPSA) is 43.8 Å². The molecule has 12 heavy (non-hydrogen) atoms. The second-order valence-electron chi connectivity index (χ2n) is 3.74. The molecule has 0 spiro atoms. The average Bonchev–Trinajstić information content (AvgIpc) is 2.59. The van der Waals surface area contributed by atoms with E-state index in [4.69, 9.17) is 5.73 Å². The van der Waals surface area contributed by atoms with Gasteiger partial charge in [-0.2, -0.15) is 5.10 Å². The number of aromatic nitrogens is 2. The van der Waals surface area contributed by atoms with Gasteiger partial charge in [0.25, 0.3) is 0 Å². The lowest BCUT2D eigenvalue weighted by atomic mass is 9.95. The van der Waals surface area contributed by atoms with E-state index in [-0.39, 0.29) is 5.54 Å². The Morgan fingerprint density at radius 3 is 2.67 bits per heavy atom. The maximum Gasteiger partial charge on any atom is 0.0823 e. The minimum absolute atomic E-state index is 0.124. The fraction of sp³-hybridized carbons (Fsp3) is 0.667. The van der Waals surface area contributed by atoms with Crippen LogP contribution >= 0.6 is 0 Å². The average molecular weight is 165 g/mol. The third-order valence-electron chi connectivity index (χ3n) is 2.72. The number of nitrogens with zero attached hydrogens (tertiary/aromatic N) is 2. The van der Waals surface area contributed by atoms with Crippen molar-refractivity contribution in [2.24, 2.45) is 12.8 Å². The zero-order valence-corrected chi connectivity index (χ0v) is 7.45. The van der Waals surface area contributed by atoms with E-state index in [1.807, 2.05) is 24.0 Å². The summed E-state index contributed by atoms with van der Waals surface area (Å²) in [4.78, 5) is 0. The summed E-state index contributed by atoms with van der Waals surface area (Å²) in [5, 5.41) is 4.36. The summed E-state index contributed by atoms with van der Waals surface area (Å²) in [6.45, 7) is 0. The molecule has 1 aliphatic rings. The third kappa shape index (κ3) is 1.14. The molecule has 1 heterocycles. The van der Waals surface area contributed by atoms with Crippen LogP contribution in [-0.4, -0.2) is 9.78 Å². The van der Waals surface area contributed by atoms with Crippen molar-refractivity contribution in [2.45, 2.75) is 31.2 Å². The molecule has 2 rings (SSSR count). The van der Waals surface area contributed by atoms with Gasteiger partial charge in [0.1, 0.15) is 0 Å². The zero-order chi connectivity index (χ0) is 8.60. The van der Waals surface area contributed by atoms with Gasteiger partial charge in [-0.3, -0.25) is 4.68 Å². The van der Waals surface area contributed by atoms with Crippen LogP contribution in [-0.2, 0) is 12.6 Å². The highest BCUT2D eigenvalue weighted by molar-refractivity contribution is 5.14. The zero-order valence-electron chi connectivity index (χ0n) is 7.45. The Kier molecular flexibility index (Phi) is 1.68. The van der Waals surface area contributed by atoms with Gasteiger partial charge in [-0.1, -0.05) is 12.8 Å². The van der Waals surface area contributed by atoms with Crippen LogP contribution in [0.15, 0.2) is 12.3 Å². The lowest BCUT2D eigenvalue weighted by Crippen LogP contribution is -2.33. The number of rotatable bonds is 1. The summed E-state index contributed by atoms with van der Waals surface area (Å²) < 4.78 is 1.82. The summed E-state index contributed by atoms with van der Waals surface area (Å²) in [6.07, 6.45) is 6.62. The fourth-order valence-corrected chi connectivity index (χ4v) is 1.94. The van der Waals surface area contributed by atoms with Crippen molar-refractivity contribution >= 4 is 0 Å². The number of hydrogen-bond acceptors (Lipinski definition) is 2. The van der Waals surface area contributed by atoms with E-state index in [1.165, 1.54) is 12.8 Å². The Morgan fingerprint density at radius 2 is 2.17 bits per heavy atom. The van der Waals surface area contributed by atoms with Gasteiger partial charge >= 0.3 is 0 Å². The normalized spacial score (nSPS) is 21.5.